The van der Waals surface area contributed by atoms with Crippen LogP contribution in [0.3, 0.4) is 0 Å². The second-order valence-electron chi connectivity index (χ2n) is 4.85. The smallest absolute Gasteiger partial charge is 0.162 e. The van der Waals surface area contributed by atoms with Crippen LogP contribution in [0.2, 0.25) is 0 Å². The summed E-state index contributed by atoms with van der Waals surface area (Å²) in [5.41, 5.74) is 0.479. The number of rotatable bonds is 3. The van der Waals surface area contributed by atoms with Crippen LogP contribution in [0.5, 0.6) is 11.5 Å². The molecule has 0 aliphatic carbocycles. The van der Waals surface area contributed by atoms with Crippen molar-refractivity contribution in [3.63, 3.8) is 0 Å². The molecule has 1 aromatic carbocycles. The van der Waals surface area contributed by atoms with Gasteiger partial charge in [-0.15, -0.1) is 0 Å². The van der Waals surface area contributed by atoms with Gasteiger partial charge in [0.2, 0.25) is 0 Å². The topological polar surface area (TPSA) is 72.8 Å². The fourth-order valence-corrected chi connectivity index (χ4v) is 3.09. The van der Waals surface area contributed by atoms with Crippen LogP contribution in [0, 0.1) is 0 Å². The van der Waals surface area contributed by atoms with Crippen molar-refractivity contribution in [2.24, 2.45) is 0 Å². The van der Waals surface area contributed by atoms with Gasteiger partial charge in [-0.1, -0.05) is 15.9 Å². The first-order chi connectivity index (χ1) is 9.30. The van der Waals surface area contributed by atoms with E-state index in [1.54, 1.807) is 12.1 Å². The maximum Gasteiger partial charge on any atom is 0.162 e. The Labute approximate surface area is 126 Å². The number of ether oxygens (including phenoxy) is 2. The largest absolute Gasteiger partial charge is 0.490 e. The van der Waals surface area contributed by atoms with E-state index in [1.165, 1.54) is 6.92 Å². The van der Waals surface area contributed by atoms with Gasteiger partial charge in [-0.2, -0.15) is 0 Å². The number of hydrogen-bond acceptors (Lipinski definition) is 5. The van der Waals surface area contributed by atoms with E-state index in [-0.39, 0.29) is 0 Å². The van der Waals surface area contributed by atoms with Gasteiger partial charge in [0, 0.05) is 17.1 Å². The fraction of sp³-hybridized carbons (Fsp3) is 0.538. The van der Waals surface area contributed by atoms with Crippen LogP contribution >= 0.6 is 15.9 Å². The first-order valence-corrected chi connectivity index (χ1v) is 9.01. The minimum absolute atomic E-state index is 0.479. The molecular formula is C13H17BrO5S. The van der Waals surface area contributed by atoms with Crippen molar-refractivity contribution in [1.29, 1.82) is 0 Å². The van der Waals surface area contributed by atoms with Crippen molar-refractivity contribution in [3.05, 3.63) is 22.2 Å². The maximum atomic E-state index is 11.6. The minimum Gasteiger partial charge on any atom is -0.490 e. The second-order valence-corrected chi connectivity index (χ2v) is 8.11. The van der Waals surface area contributed by atoms with Crippen molar-refractivity contribution in [2.45, 2.75) is 24.7 Å². The number of fused-ring (bicyclic) bond motifs is 1. The molecule has 1 N–H and O–H groups in total. The number of benzene rings is 1. The maximum absolute atomic E-state index is 11.6. The Bertz CT molecular complexity index is 599. The van der Waals surface area contributed by atoms with E-state index in [9.17, 15) is 13.5 Å². The Hall–Kier alpha value is -0.790. The molecule has 0 saturated carbocycles. The Morgan fingerprint density at radius 2 is 1.80 bits per heavy atom. The van der Waals surface area contributed by atoms with Crippen LogP contribution in [0.15, 0.2) is 16.6 Å². The van der Waals surface area contributed by atoms with Gasteiger partial charge in [0.15, 0.2) is 21.3 Å². The second kappa shape index (κ2) is 5.91. The molecule has 0 radical (unpaired) electrons. The molecule has 0 saturated heterocycles. The lowest BCUT2D eigenvalue weighted by atomic mass is 10.1. The van der Waals surface area contributed by atoms with Crippen molar-refractivity contribution in [1.82, 2.24) is 0 Å². The lowest BCUT2D eigenvalue weighted by Crippen LogP contribution is -2.24. The molecule has 2 rings (SSSR count). The SMILES string of the molecule is CC(C(O)c1cc2c(cc1Br)OCCCO2)S(C)(=O)=O. The van der Waals surface area contributed by atoms with Gasteiger partial charge in [-0.05, 0) is 24.6 Å². The summed E-state index contributed by atoms with van der Waals surface area (Å²) in [4.78, 5) is 0. The van der Waals surface area contributed by atoms with Crippen molar-refractivity contribution >= 4 is 25.8 Å². The number of aliphatic hydroxyl groups is 1. The molecule has 1 aliphatic rings. The zero-order valence-corrected chi connectivity index (χ0v) is 13.7. The van der Waals surface area contributed by atoms with Gasteiger partial charge < -0.3 is 14.6 Å². The molecule has 112 valence electrons. The van der Waals surface area contributed by atoms with Gasteiger partial charge in [0.25, 0.3) is 0 Å². The molecular weight excluding hydrogens is 348 g/mol. The van der Waals surface area contributed by atoms with Crippen molar-refractivity contribution in [3.8, 4) is 11.5 Å². The Kier molecular flexibility index (Phi) is 4.61. The molecule has 1 heterocycles. The van der Waals surface area contributed by atoms with E-state index in [0.717, 1.165) is 12.7 Å². The van der Waals surface area contributed by atoms with E-state index in [0.29, 0.717) is 34.7 Å². The zero-order valence-electron chi connectivity index (χ0n) is 11.3. The summed E-state index contributed by atoms with van der Waals surface area (Å²) >= 11 is 3.35. The van der Waals surface area contributed by atoms with Crippen LogP contribution in [0.4, 0.5) is 0 Å². The molecule has 0 aromatic heterocycles. The van der Waals surface area contributed by atoms with E-state index >= 15 is 0 Å². The average molecular weight is 365 g/mol. The molecule has 2 atom stereocenters. The van der Waals surface area contributed by atoms with Gasteiger partial charge >= 0.3 is 0 Å². The van der Waals surface area contributed by atoms with E-state index < -0.39 is 21.2 Å². The quantitative estimate of drug-likeness (QED) is 0.888. The normalized spacial score (nSPS) is 18.2. The number of halogens is 1. The van der Waals surface area contributed by atoms with Gasteiger partial charge in [0.1, 0.15) is 0 Å². The monoisotopic (exact) mass is 364 g/mol. The molecule has 1 aliphatic heterocycles. The minimum atomic E-state index is -3.34. The zero-order chi connectivity index (χ0) is 14.9. The number of aliphatic hydroxyl groups excluding tert-OH is 1. The number of sulfone groups is 1. The highest BCUT2D eigenvalue weighted by Crippen LogP contribution is 2.39. The molecule has 7 heteroatoms. The summed E-state index contributed by atoms with van der Waals surface area (Å²) in [7, 11) is -3.34. The lowest BCUT2D eigenvalue weighted by Gasteiger charge is -2.20. The highest BCUT2D eigenvalue weighted by molar-refractivity contribution is 9.10. The van der Waals surface area contributed by atoms with E-state index in [2.05, 4.69) is 15.9 Å². The van der Waals surface area contributed by atoms with Crippen LogP contribution in [0.1, 0.15) is 25.0 Å². The fourth-order valence-electron chi connectivity index (χ4n) is 1.91. The standard InChI is InChI=1S/C13H17BrO5S/c1-8(20(2,16)17)13(15)9-6-11-12(7-10(9)14)19-5-3-4-18-11/h6-8,13,15H,3-5H2,1-2H3. The Balaban J connectivity index is 2.40. The van der Waals surface area contributed by atoms with Gasteiger partial charge in [0.05, 0.1) is 24.6 Å². The first kappa shape index (κ1) is 15.6. The molecule has 5 nitrogen and oxygen atoms in total. The average Bonchev–Trinajstić information content (AvgIpc) is 2.59. The summed E-state index contributed by atoms with van der Waals surface area (Å²) in [5, 5.41) is 9.37. The van der Waals surface area contributed by atoms with E-state index in [4.69, 9.17) is 9.47 Å². The third-order valence-corrected chi connectivity index (χ3v) is 5.60. The predicted octanol–water partition coefficient (Wildman–Crippen LogP) is 2.08. The predicted molar refractivity (Wildman–Crippen MR) is 79.0 cm³/mol. The Morgan fingerprint density at radius 3 is 2.35 bits per heavy atom. The van der Waals surface area contributed by atoms with Gasteiger partial charge in [-0.25, -0.2) is 8.42 Å². The summed E-state index contributed by atoms with van der Waals surface area (Å²) < 4.78 is 34.8. The summed E-state index contributed by atoms with van der Waals surface area (Å²) in [6, 6.07) is 3.34. The summed E-state index contributed by atoms with van der Waals surface area (Å²) in [5.74, 6) is 1.12. The third kappa shape index (κ3) is 3.27. The van der Waals surface area contributed by atoms with Crippen LogP contribution in [-0.2, 0) is 9.84 Å². The Morgan fingerprint density at radius 1 is 1.25 bits per heavy atom. The summed E-state index contributed by atoms with van der Waals surface area (Å²) in [6.45, 7) is 2.59. The molecule has 0 fully saturated rings. The molecule has 20 heavy (non-hydrogen) atoms. The van der Waals surface area contributed by atoms with Crippen molar-refractivity contribution in [2.75, 3.05) is 19.5 Å². The third-order valence-electron chi connectivity index (χ3n) is 3.31. The van der Waals surface area contributed by atoms with Crippen molar-refractivity contribution < 1.29 is 23.0 Å². The lowest BCUT2D eigenvalue weighted by molar-refractivity contribution is 0.175. The van der Waals surface area contributed by atoms with Crippen LogP contribution in [-0.4, -0.2) is 38.2 Å². The van der Waals surface area contributed by atoms with Crippen LogP contribution < -0.4 is 9.47 Å². The molecule has 0 spiro atoms. The number of hydrogen-bond donors (Lipinski definition) is 1. The van der Waals surface area contributed by atoms with E-state index in [1.807, 2.05) is 0 Å². The molecule has 2 unspecified atom stereocenters. The molecule has 1 aromatic rings. The highest BCUT2D eigenvalue weighted by atomic mass is 79.9. The van der Waals surface area contributed by atoms with Crippen LogP contribution in [0.25, 0.3) is 0 Å². The molecule has 0 amide bonds. The first-order valence-electron chi connectivity index (χ1n) is 6.26. The van der Waals surface area contributed by atoms with Gasteiger partial charge in [-0.3, -0.25) is 0 Å². The highest BCUT2D eigenvalue weighted by Gasteiger charge is 2.28. The molecule has 0 bridgehead atoms. The summed E-state index contributed by atoms with van der Waals surface area (Å²) in [6.07, 6.45) is 0.762.